The molecule has 1 aromatic carbocycles. The maximum atomic E-state index is 13.7. The summed E-state index contributed by atoms with van der Waals surface area (Å²) in [5.41, 5.74) is 2.97. The number of hydrogen-bond donors (Lipinski definition) is 1. The number of carbonyl (C=O) groups is 1. The van der Waals surface area contributed by atoms with E-state index in [2.05, 4.69) is 44.6 Å². The van der Waals surface area contributed by atoms with Gasteiger partial charge >= 0.3 is 0 Å². The molecule has 5 atom stereocenters. The maximum absolute atomic E-state index is 13.7. The minimum Gasteiger partial charge on any atom is -0.487 e. The van der Waals surface area contributed by atoms with E-state index in [-0.39, 0.29) is 11.8 Å². The quantitative estimate of drug-likeness (QED) is 0.231. The lowest BCUT2D eigenvalue weighted by Gasteiger charge is -2.54. The van der Waals surface area contributed by atoms with Crippen LogP contribution in [0, 0.1) is 17.8 Å². The largest absolute Gasteiger partial charge is 0.487 e. The van der Waals surface area contributed by atoms with Gasteiger partial charge in [0, 0.05) is 83.8 Å². The second-order valence-electron chi connectivity index (χ2n) is 16.4. The number of nitrogens with zero attached hydrogens (tertiary/aromatic N) is 3. The van der Waals surface area contributed by atoms with E-state index in [9.17, 15) is 13.2 Å². The Labute approximate surface area is 341 Å². The lowest BCUT2D eigenvalue weighted by atomic mass is 9.63. The van der Waals surface area contributed by atoms with Crippen molar-refractivity contribution in [3.8, 4) is 5.75 Å². The van der Waals surface area contributed by atoms with Gasteiger partial charge in [0.1, 0.15) is 18.0 Å². The first-order valence-electron chi connectivity index (χ1n) is 20.6. The van der Waals surface area contributed by atoms with Crippen LogP contribution in [0.15, 0.2) is 52.6 Å². The molecular formula is C43H67ClN4O7S. The van der Waals surface area contributed by atoms with Crippen LogP contribution >= 0.6 is 11.6 Å². The molecule has 5 rings (SSSR count). The van der Waals surface area contributed by atoms with Gasteiger partial charge in [-0.15, -0.1) is 0 Å². The lowest BCUT2D eigenvalue weighted by Crippen LogP contribution is -2.65. The van der Waals surface area contributed by atoms with Crippen LogP contribution in [0.1, 0.15) is 83.0 Å². The zero-order valence-electron chi connectivity index (χ0n) is 34.9. The Morgan fingerprint density at radius 2 is 1.82 bits per heavy atom. The predicted molar refractivity (Wildman–Crippen MR) is 225 cm³/mol. The molecule has 1 N–H and O–H groups in total. The first-order valence-corrected chi connectivity index (χ1v) is 22.6. The molecule has 1 aliphatic carbocycles. The number of halogens is 1. The van der Waals surface area contributed by atoms with Crippen LogP contribution in [0.3, 0.4) is 0 Å². The zero-order chi connectivity index (χ0) is 40.5. The molecule has 0 radical (unpaired) electrons. The van der Waals surface area contributed by atoms with Gasteiger partial charge in [-0.1, -0.05) is 37.6 Å². The molecule has 1 unspecified atom stereocenters. The summed E-state index contributed by atoms with van der Waals surface area (Å²) in [7, 11) is 1.35. The zero-order valence-corrected chi connectivity index (χ0v) is 36.4. The monoisotopic (exact) mass is 818 g/mol. The van der Waals surface area contributed by atoms with E-state index >= 15 is 0 Å². The second kappa shape index (κ2) is 20.5. The minimum atomic E-state index is -3.97. The molecule has 56 heavy (non-hydrogen) atoms. The Morgan fingerprint density at radius 3 is 2.45 bits per heavy atom. The fraction of sp³-hybridized carbons (Fsp3) is 0.698. The summed E-state index contributed by atoms with van der Waals surface area (Å²) in [6, 6.07) is 5.75. The van der Waals surface area contributed by atoms with Crippen molar-refractivity contribution < 1.29 is 32.2 Å². The van der Waals surface area contributed by atoms with Gasteiger partial charge in [-0.2, -0.15) is 0 Å². The van der Waals surface area contributed by atoms with Gasteiger partial charge in [-0.3, -0.25) is 14.6 Å². The summed E-state index contributed by atoms with van der Waals surface area (Å²) in [6.07, 6.45) is 12.7. The van der Waals surface area contributed by atoms with Crippen molar-refractivity contribution in [2.45, 2.75) is 89.5 Å². The van der Waals surface area contributed by atoms with Crippen molar-refractivity contribution in [1.82, 2.24) is 14.5 Å². The van der Waals surface area contributed by atoms with Crippen molar-refractivity contribution in [1.29, 1.82) is 0 Å². The molecule has 11 nitrogen and oxygen atoms in total. The molecule has 4 aliphatic rings. The average molecular weight is 820 g/mol. The Kier molecular flexibility index (Phi) is 16.3. The molecule has 314 valence electrons. The highest BCUT2D eigenvalue weighted by Gasteiger charge is 2.49. The van der Waals surface area contributed by atoms with Crippen LogP contribution in [0.5, 0.6) is 5.75 Å². The summed E-state index contributed by atoms with van der Waals surface area (Å²) in [4.78, 5) is 21.0. The predicted octanol–water partition coefficient (Wildman–Crippen LogP) is 6.64. The average Bonchev–Trinajstić information content (AvgIpc) is 3.17. The van der Waals surface area contributed by atoms with Crippen LogP contribution in [0.2, 0.25) is 0 Å². The van der Waals surface area contributed by atoms with E-state index in [0.29, 0.717) is 49.5 Å². The number of likely N-dealkylation sites (tertiary alicyclic amines) is 1. The third kappa shape index (κ3) is 11.0. The molecule has 2 bridgehead atoms. The minimum absolute atomic E-state index is 0.237. The highest BCUT2D eigenvalue weighted by molar-refractivity contribution is 7.90. The van der Waals surface area contributed by atoms with Gasteiger partial charge in [-0.25, -0.2) is 13.1 Å². The standard InChI is InChI=1S/C43H67ClN4O7S/c1-8-34-29-55-41-17-15-36-25-40(41)48(19-10-9-13-35(34)24-32(3)44)26-37-14-16-39(37)43(54-7,18-11-12-31(2)33(4)56(50,51)45-42(36)49)30-46-27-38(28-46)47(20-22-52-5)21-23-53-6/h11,15,17-18,24-25,31,33,37-39H,8-10,12-14,16,19-23,26-30H2,1-7H3,(H,45,49)/b18-11+,32-24+,35-34+/t31?,33-,37+,39-,43-/m1/s1. The number of methoxy groups -OCH3 is 3. The molecule has 1 amide bonds. The summed E-state index contributed by atoms with van der Waals surface area (Å²) >= 11 is 6.40. The van der Waals surface area contributed by atoms with Crippen molar-refractivity contribution >= 4 is 33.2 Å². The van der Waals surface area contributed by atoms with Crippen molar-refractivity contribution in [3.63, 3.8) is 0 Å². The lowest BCUT2D eigenvalue weighted by molar-refractivity contribution is -0.110. The first kappa shape index (κ1) is 44.6. The van der Waals surface area contributed by atoms with Crippen LogP contribution in [0.4, 0.5) is 5.69 Å². The van der Waals surface area contributed by atoms with Gasteiger partial charge in [0.05, 0.1) is 24.2 Å². The van der Waals surface area contributed by atoms with Crippen LogP contribution < -0.4 is 14.4 Å². The number of fused-ring (bicyclic) bond motifs is 2. The fourth-order valence-corrected chi connectivity index (χ4v) is 10.2. The number of nitrogens with one attached hydrogen (secondary N) is 1. The third-order valence-corrected chi connectivity index (χ3v) is 14.8. The summed E-state index contributed by atoms with van der Waals surface area (Å²) in [6.45, 7) is 15.3. The Hall–Kier alpha value is -2.45. The van der Waals surface area contributed by atoms with Gasteiger partial charge in [-0.05, 0) is 112 Å². The number of benzene rings is 1. The van der Waals surface area contributed by atoms with Crippen LogP contribution in [-0.2, 0) is 24.2 Å². The smallest absolute Gasteiger partial charge is 0.264 e. The number of allylic oxidation sites excluding steroid dienone is 4. The third-order valence-electron chi connectivity index (χ3n) is 12.7. The number of anilines is 1. The van der Waals surface area contributed by atoms with Gasteiger partial charge in [0.15, 0.2) is 0 Å². The van der Waals surface area contributed by atoms with Gasteiger partial charge in [0.25, 0.3) is 5.91 Å². The molecule has 3 aliphatic heterocycles. The number of ether oxygens (including phenoxy) is 4. The molecule has 1 saturated heterocycles. The Bertz CT molecular complexity index is 1670. The highest BCUT2D eigenvalue weighted by Crippen LogP contribution is 2.47. The summed E-state index contributed by atoms with van der Waals surface area (Å²) in [5, 5.41) is -0.0471. The summed E-state index contributed by atoms with van der Waals surface area (Å²) < 4.78 is 53.8. The number of rotatable bonds is 12. The van der Waals surface area contributed by atoms with E-state index in [1.807, 2.05) is 33.1 Å². The van der Waals surface area contributed by atoms with E-state index in [4.69, 9.17) is 30.5 Å². The molecule has 13 heteroatoms. The first-order chi connectivity index (χ1) is 26.8. The van der Waals surface area contributed by atoms with E-state index in [0.717, 1.165) is 95.1 Å². The van der Waals surface area contributed by atoms with E-state index in [1.165, 1.54) is 11.1 Å². The molecule has 0 spiro atoms. The van der Waals surface area contributed by atoms with Crippen LogP contribution in [-0.4, -0.2) is 128 Å². The molecule has 2 fully saturated rings. The number of amides is 1. The Balaban J connectivity index is 1.50. The number of sulfonamides is 1. The molecule has 0 aromatic heterocycles. The molecular weight excluding hydrogens is 752 g/mol. The SMILES string of the molecule is CC/C1=C(\C=C(/C)Cl)CCCCN2C[C@@H]3CC[C@H]3[C@@](CN3CC(N(CCOC)CCOC)C3)(OC)/C=C/CC(C)[C@@H](C)S(=O)(=O)NC(=O)c3ccc(c2c3)OC1. The normalized spacial score (nSPS) is 30.3. The number of hydrogen-bond acceptors (Lipinski definition) is 10. The highest BCUT2D eigenvalue weighted by atomic mass is 35.5. The van der Waals surface area contributed by atoms with E-state index < -0.39 is 26.8 Å². The van der Waals surface area contributed by atoms with Gasteiger partial charge in [0.2, 0.25) is 10.0 Å². The van der Waals surface area contributed by atoms with Crippen molar-refractivity contribution in [2.24, 2.45) is 17.8 Å². The van der Waals surface area contributed by atoms with Crippen molar-refractivity contribution in [3.05, 3.63) is 58.2 Å². The number of carbonyl (C=O) groups excluding carboxylic acids is 1. The second-order valence-corrected chi connectivity index (χ2v) is 19.0. The van der Waals surface area contributed by atoms with Crippen molar-refractivity contribution in [2.75, 3.05) is 91.9 Å². The topological polar surface area (TPSA) is 110 Å². The maximum Gasteiger partial charge on any atom is 0.264 e. The molecule has 1 aromatic rings. The van der Waals surface area contributed by atoms with Crippen LogP contribution in [0.25, 0.3) is 0 Å². The fourth-order valence-electron chi connectivity index (χ4n) is 8.83. The Morgan fingerprint density at radius 1 is 1.09 bits per heavy atom. The van der Waals surface area contributed by atoms with E-state index in [1.54, 1.807) is 27.2 Å². The molecule has 1 saturated carbocycles. The van der Waals surface area contributed by atoms with Gasteiger partial charge < -0.3 is 23.8 Å². The summed E-state index contributed by atoms with van der Waals surface area (Å²) in [5.74, 6) is 0.394. The molecule has 3 heterocycles.